The standard InChI is InChI=1S/C10H18O2/c1-5-6-7-8(12-7)9(11)10(2,3)4/h7-8H,5-6H2,1-4H3/t7-,8+/m1/s1. The number of epoxide rings is 1. The summed E-state index contributed by atoms with van der Waals surface area (Å²) in [6, 6.07) is 0. The molecule has 12 heavy (non-hydrogen) atoms. The summed E-state index contributed by atoms with van der Waals surface area (Å²) in [5, 5.41) is 0. The predicted octanol–water partition coefficient (Wildman–Crippen LogP) is 2.17. The van der Waals surface area contributed by atoms with Gasteiger partial charge in [0.25, 0.3) is 0 Å². The van der Waals surface area contributed by atoms with Gasteiger partial charge in [0.15, 0.2) is 5.78 Å². The second-order valence-electron chi connectivity index (χ2n) is 4.50. The van der Waals surface area contributed by atoms with Crippen LogP contribution in [0.1, 0.15) is 40.5 Å². The number of ether oxygens (including phenoxy) is 1. The van der Waals surface area contributed by atoms with Gasteiger partial charge in [-0.2, -0.15) is 0 Å². The van der Waals surface area contributed by atoms with Crippen LogP contribution in [0.5, 0.6) is 0 Å². The summed E-state index contributed by atoms with van der Waals surface area (Å²) in [5.41, 5.74) is -0.243. The molecule has 0 spiro atoms. The van der Waals surface area contributed by atoms with Crippen molar-refractivity contribution in [3.05, 3.63) is 0 Å². The zero-order valence-electron chi connectivity index (χ0n) is 8.39. The molecule has 0 bridgehead atoms. The van der Waals surface area contributed by atoms with E-state index in [1.165, 1.54) is 0 Å². The van der Waals surface area contributed by atoms with Crippen LogP contribution in [-0.2, 0) is 9.53 Å². The van der Waals surface area contributed by atoms with Gasteiger partial charge in [0.1, 0.15) is 6.10 Å². The Bertz CT molecular complexity index is 179. The molecule has 0 aromatic rings. The van der Waals surface area contributed by atoms with Gasteiger partial charge in [-0.1, -0.05) is 34.1 Å². The Morgan fingerprint density at radius 2 is 2.00 bits per heavy atom. The summed E-state index contributed by atoms with van der Waals surface area (Å²) in [5.74, 6) is 0.251. The van der Waals surface area contributed by atoms with Gasteiger partial charge >= 0.3 is 0 Å². The van der Waals surface area contributed by atoms with E-state index in [9.17, 15) is 4.79 Å². The molecule has 1 rings (SSSR count). The number of carbonyl (C=O) groups excluding carboxylic acids is 1. The van der Waals surface area contributed by atoms with Gasteiger partial charge in [-0.3, -0.25) is 4.79 Å². The average molecular weight is 170 g/mol. The van der Waals surface area contributed by atoms with E-state index < -0.39 is 0 Å². The summed E-state index contributed by atoms with van der Waals surface area (Å²) in [6.07, 6.45) is 2.25. The summed E-state index contributed by atoms with van der Waals surface area (Å²) in [4.78, 5) is 11.6. The number of Topliss-reactive ketones (excluding diaryl/α,β-unsaturated/α-hetero) is 1. The maximum Gasteiger partial charge on any atom is 0.169 e. The molecule has 0 aromatic heterocycles. The second-order valence-corrected chi connectivity index (χ2v) is 4.50. The van der Waals surface area contributed by atoms with Crippen molar-refractivity contribution in [2.24, 2.45) is 5.41 Å². The van der Waals surface area contributed by atoms with Crippen molar-refractivity contribution >= 4 is 5.78 Å². The molecule has 0 saturated carbocycles. The molecule has 70 valence electrons. The minimum Gasteiger partial charge on any atom is -0.361 e. The van der Waals surface area contributed by atoms with Crippen LogP contribution >= 0.6 is 0 Å². The van der Waals surface area contributed by atoms with Gasteiger partial charge < -0.3 is 4.74 Å². The Labute approximate surface area is 74.3 Å². The van der Waals surface area contributed by atoms with E-state index in [-0.39, 0.29) is 23.4 Å². The molecule has 1 fully saturated rings. The highest BCUT2D eigenvalue weighted by atomic mass is 16.6. The van der Waals surface area contributed by atoms with Crippen LogP contribution in [0.25, 0.3) is 0 Å². The Morgan fingerprint density at radius 1 is 1.42 bits per heavy atom. The summed E-state index contributed by atoms with van der Waals surface area (Å²) in [7, 11) is 0. The fourth-order valence-electron chi connectivity index (χ4n) is 1.30. The molecule has 0 aliphatic carbocycles. The smallest absolute Gasteiger partial charge is 0.169 e. The fourth-order valence-corrected chi connectivity index (χ4v) is 1.30. The van der Waals surface area contributed by atoms with Crippen LogP contribution in [0.15, 0.2) is 0 Å². The number of hydrogen-bond donors (Lipinski definition) is 0. The Balaban J connectivity index is 2.38. The van der Waals surface area contributed by atoms with Crippen LogP contribution < -0.4 is 0 Å². The Hall–Kier alpha value is -0.370. The lowest BCUT2D eigenvalue weighted by molar-refractivity contribution is -0.127. The highest BCUT2D eigenvalue weighted by molar-refractivity contribution is 5.90. The van der Waals surface area contributed by atoms with E-state index in [1.807, 2.05) is 20.8 Å². The summed E-state index contributed by atoms with van der Waals surface area (Å²) in [6.45, 7) is 7.94. The number of ketones is 1. The third-order valence-corrected chi connectivity index (χ3v) is 2.15. The Kier molecular flexibility index (Phi) is 2.57. The quantitative estimate of drug-likeness (QED) is 0.607. The van der Waals surface area contributed by atoms with Crippen molar-refractivity contribution < 1.29 is 9.53 Å². The normalized spacial score (nSPS) is 28.7. The summed E-state index contributed by atoms with van der Waals surface area (Å²) < 4.78 is 5.30. The van der Waals surface area contributed by atoms with E-state index in [0.717, 1.165) is 12.8 Å². The molecule has 0 aromatic carbocycles. The third kappa shape index (κ3) is 2.07. The van der Waals surface area contributed by atoms with Gasteiger partial charge in [-0.25, -0.2) is 0 Å². The highest BCUT2D eigenvalue weighted by Crippen LogP contribution is 2.33. The van der Waals surface area contributed by atoms with Crippen molar-refractivity contribution in [3.63, 3.8) is 0 Å². The largest absolute Gasteiger partial charge is 0.361 e. The van der Waals surface area contributed by atoms with E-state index in [2.05, 4.69) is 6.92 Å². The molecule has 1 aliphatic heterocycles. The lowest BCUT2D eigenvalue weighted by Gasteiger charge is -2.14. The molecular formula is C10H18O2. The number of hydrogen-bond acceptors (Lipinski definition) is 2. The van der Waals surface area contributed by atoms with Crippen LogP contribution in [0.2, 0.25) is 0 Å². The van der Waals surface area contributed by atoms with Gasteiger partial charge in [0.2, 0.25) is 0 Å². The first-order valence-electron chi connectivity index (χ1n) is 4.66. The van der Waals surface area contributed by atoms with Gasteiger partial charge in [-0.15, -0.1) is 0 Å². The van der Waals surface area contributed by atoms with E-state index in [4.69, 9.17) is 4.74 Å². The molecule has 2 atom stereocenters. The maximum atomic E-state index is 11.6. The van der Waals surface area contributed by atoms with Crippen LogP contribution in [0.4, 0.5) is 0 Å². The van der Waals surface area contributed by atoms with E-state index in [0.29, 0.717) is 0 Å². The lowest BCUT2D eigenvalue weighted by Crippen LogP contribution is -2.26. The molecule has 0 amide bonds. The zero-order chi connectivity index (χ0) is 9.35. The van der Waals surface area contributed by atoms with Crippen LogP contribution in [0, 0.1) is 5.41 Å². The summed E-state index contributed by atoms with van der Waals surface area (Å²) >= 11 is 0. The number of rotatable bonds is 3. The highest BCUT2D eigenvalue weighted by Gasteiger charge is 2.47. The second kappa shape index (κ2) is 3.17. The fraction of sp³-hybridized carbons (Fsp3) is 0.900. The minimum atomic E-state index is -0.243. The first-order valence-corrected chi connectivity index (χ1v) is 4.66. The topological polar surface area (TPSA) is 29.6 Å². The van der Waals surface area contributed by atoms with Crippen molar-refractivity contribution in [1.82, 2.24) is 0 Å². The van der Waals surface area contributed by atoms with E-state index in [1.54, 1.807) is 0 Å². The number of carbonyl (C=O) groups is 1. The Morgan fingerprint density at radius 3 is 2.42 bits per heavy atom. The molecule has 2 heteroatoms. The average Bonchev–Trinajstić information content (AvgIpc) is 2.65. The van der Waals surface area contributed by atoms with Crippen LogP contribution in [0.3, 0.4) is 0 Å². The van der Waals surface area contributed by atoms with Crippen molar-refractivity contribution in [2.45, 2.75) is 52.7 Å². The zero-order valence-corrected chi connectivity index (χ0v) is 8.39. The van der Waals surface area contributed by atoms with Crippen molar-refractivity contribution in [3.8, 4) is 0 Å². The van der Waals surface area contributed by atoms with Gasteiger partial charge in [-0.05, 0) is 6.42 Å². The van der Waals surface area contributed by atoms with Gasteiger partial charge in [0.05, 0.1) is 6.10 Å². The SMILES string of the molecule is CCC[C@H]1O[C@@H]1C(=O)C(C)(C)C. The first-order chi connectivity index (χ1) is 5.46. The third-order valence-electron chi connectivity index (χ3n) is 2.15. The van der Waals surface area contributed by atoms with Gasteiger partial charge in [0, 0.05) is 5.41 Å². The molecule has 2 nitrogen and oxygen atoms in total. The molecule has 0 unspecified atom stereocenters. The van der Waals surface area contributed by atoms with E-state index >= 15 is 0 Å². The van der Waals surface area contributed by atoms with Crippen molar-refractivity contribution in [2.75, 3.05) is 0 Å². The molecule has 0 radical (unpaired) electrons. The maximum absolute atomic E-state index is 11.6. The molecular weight excluding hydrogens is 152 g/mol. The molecule has 1 saturated heterocycles. The lowest BCUT2D eigenvalue weighted by atomic mass is 9.88. The predicted molar refractivity (Wildman–Crippen MR) is 48.0 cm³/mol. The molecule has 1 heterocycles. The monoisotopic (exact) mass is 170 g/mol. The van der Waals surface area contributed by atoms with Crippen LogP contribution in [-0.4, -0.2) is 18.0 Å². The molecule has 1 aliphatic rings. The molecule has 0 N–H and O–H groups in total. The minimum absolute atomic E-state index is 0.0926. The first kappa shape index (κ1) is 9.72. The van der Waals surface area contributed by atoms with Crippen molar-refractivity contribution in [1.29, 1.82) is 0 Å².